The molecule has 2 amide bonds. The van der Waals surface area contributed by atoms with Crippen LogP contribution in [0.2, 0.25) is 0 Å². The molecule has 2 aromatic carbocycles. The lowest BCUT2D eigenvalue weighted by Crippen LogP contribution is -2.28. The van der Waals surface area contributed by atoms with E-state index in [1.54, 1.807) is 48.5 Å². The third-order valence-corrected chi connectivity index (χ3v) is 2.89. The Bertz CT molecular complexity index is 626. The minimum atomic E-state index is -0.808. The second-order valence-electron chi connectivity index (χ2n) is 4.29. The molecule has 0 radical (unpaired) electrons. The quantitative estimate of drug-likeness (QED) is 0.782. The van der Waals surface area contributed by atoms with Gasteiger partial charge in [0.05, 0.1) is 11.3 Å². The van der Waals surface area contributed by atoms with Crippen molar-refractivity contribution in [3.8, 4) is 0 Å². The average Bonchev–Trinajstić information content (AvgIpc) is 2.47. The fourth-order valence-corrected chi connectivity index (χ4v) is 1.83. The average molecular weight is 269 g/mol. The number of anilines is 1. The molecule has 2 rings (SSSR count). The summed E-state index contributed by atoms with van der Waals surface area (Å²) in [6.45, 7) is 0. The predicted octanol–water partition coefficient (Wildman–Crippen LogP) is 1.42. The summed E-state index contributed by atoms with van der Waals surface area (Å²) in [7, 11) is 0. The maximum absolute atomic E-state index is 12.1. The molecule has 0 bridgehead atoms. The molecule has 5 N–H and O–H groups in total. The van der Waals surface area contributed by atoms with Crippen LogP contribution < -0.4 is 16.8 Å². The zero-order chi connectivity index (χ0) is 14.5. The Kier molecular flexibility index (Phi) is 4.12. The molecule has 0 spiro atoms. The largest absolute Gasteiger partial charge is 0.366 e. The van der Waals surface area contributed by atoms with Crippen molar-refractivity contribution < 1.29 is 9.59 Å². The lowest BCUT2D eigenvalue weighted by atomic mass is 10.1. The second kappa shape index (κ2) is 5.99. The maximum Gasteiger partial charge on any atom is 0.250 e. The lowest BCUT2D eigenvalue weighted by molar-refractivity contribution is -0.117. The van der Waals surface area contributed by atoms with Crippen LogP contribution in [-0.4, -0.2) is 11.8 Å². The van der Waals surface area contributed by atoms with E-state index in [1.807, 2.05) is 6.07 Å². The molecule has 0 aromatic heterocycles. The highest BCUT2D eigenvalue weighted by molar-refractivity contribution is 6.04. The van der Waals surface area contributed by atoms with Gasteiger partial charge in [-0.3, -0.25) is 9.59 Å². The number of primary amides is 1. The number of amides is 2. The van der Waals surface area contributed by atoms with Crippen molar-refractivity contribution in [3.63, 3.8) is 0 Å². The van der Waals surface area contributed by atoms with Gasteiger partial charge in [0.25, 0.3) is 5.91 Å². The highest BCUT2D eigenvalue weighted by Crippen LogP contribution is 2.17. The molecule has 0 aliphatic rings. The topological polar surface area (TPSA) is 98.2 Å². The third kappa shape index (κ3) is 3.02. The number of carbonyl (C=O) groups excluding carboxylic acids is 2. The Morgan fingerprint density at radius 1 is 0.950 bits per heavy atom. The van der Waals surface area contributed by atoms with Crippen LogP contribution in [0.25, 0.3) is 0 Å². The summed E-state index contributed by atoms with van der Waals surface area (Å²) >= 11 is 0. The van der Waals surface area contributed by atoms with Gasteiger partial charge in [-0.25, -0.2) is 0 Å². The SMILES string of the molecule is NC(=O)c1ccccc1NC(=O)[C@H](N)c1ccccc1. The Morgan fingerprint density at radius 3 is 2.20 bits per heavy atom. The Labute approximate surface area is 116 Å². The van der Waals surface area contributed by atoms with E-state index < -0.39 is 17.9 Å². The molecule has 102 valence electrons. The Hall–Kier alpha value is -2.66. The van der Waals surface area contributed by atoms with Crippen molar-refractivity contribution in [3.05, 3.63) is 65.7 Å². The summed E-state index contributed by atoms with van der Waals surface area (Å²) in [5, 5.41) is 2.63. The number of rotatable bonds is 4. The van der Waals surface area contributed by atoms with Crippen LogP contribution >= 0.6 is 0 Å². The van der Waals surface area contributed by atoms with E-state index in [0.29, 0.717) is 11.3 Å². The predicted molar refractivity (Wildman–Crippen MR) is 77.0 cm³/mol. The van der Waals surface area contributed by atoms with Gasteiger partial charge in [0, 0.05) is 0 Å². The van der Waals surface area contributed by atoms with Crippen LogP contribution in [0, 0.1) is 0 Å². The molecule has 2 aromatic rings. The summed E-state index contributed by atoms with van der Waals surface area (Å²) in [6, 6.07) is 14.7. The standard InChI is InChI=1S/C15H15N3O2/c16-13(10-6-2-1-3-7-10)15(20)18-12-9-5-4-8-11(12)14(17)19/h1-9,13H,16H2,(H2,17,19)(H,18,20)/t13-/m1/s1. The van der Waals surface area contributed by atoms with Gasteiger partial charge in [0.15, 0.2) is 0 Å². The van der Waals surface area contributed by atoms with Gasteiger partial charge >= 0.3 is 0 Å². The van der Waals surface area contributed by atoms with Gasteiger partial charge in [-0.1, -0.05) is 42.5 Å². The van der Waals surface area contributed by atoms with E-state index in [4.69, 9.17) is 11.5 Å². The molecule has 20 heavy (non-hydrogen) atoms. The van der Waals surface area contributed by atoms with Gasteiger partial charge < -0.3 is 16.8 Å². The van der Waals surface area contributed by atoms with Crippen molar-refractivity contribution in [1.82, 2.24) is 0 Å². The molecule has 0 heterocycles. The van der Waals surface area contributed by atoms with E-state index in [-0.39, 0.29) is 5.56 Å². The molecule has 0 unspecified atom stereocenters. The van der Waals surface area contributed by atoms with Gasteiger partial charge in [-0.05, 0) is 17.7 Å². The summed E-state index contributed by atoms with van der Waals surface area (Å²) < 4.78 is 0. The lowest BCUT2D eigenvalue weighted by Gasteiger charge is -2.14. The van der Waals surface area contributed by atoms with E-state index in [0.717, 1.165) is 0 Å². The van der Waals surface area contributed by atoms with Gasteiger partial charge in [-0.15, -0.1) is 0 Å². The molecule has 0 fully saturated rings. The zero-order valence-corrected chi connectivity index (χ0v) is 10.7. The summed E-state index contributed by atoms with van der Waals surface area (Å²) in [6.07, 6.45) is 0. The van der Waals surface area contributed by atoms with Crippen LogP contribution in [0.15, 0.2) is 54.6 Å². The van der Waals surface area contributed by atoms with Gasteiger partial charge in [0.2, 0.25) is 5.91 Å². The fraction of sp³-hybridized carbons (Fsp3) is 0.0667. The maximum atomic E-state index is 12.1. The summed E-state index contributed by atoms with van der Waals surface area (Å²) in [5.41, 5.74) is 12.4. The van der Waals surface area contributed by atoms with Crippen molar-refractivity contribution in [2.75, 3.05) is 5.32 Å². The highest BCUT2D eigenvalue weighted by Gasteiger charge is 2.17. The minimum Gasteiger partial charge on any atom is -0.366 e. The molecule has 0 aliphatic carbocycles. The smallest absolute Gasteiger partial charge is 0.250 e. The second-order valence-corrected chi connectivity index (χ2v) is 4.29. The Balaban J connectivity index is 2.18. The summed E-state index contributed by atoms with van der Waals surface area (Å²) in [5.74, 6) is -1.00. The molecule has 0 aliphatic heterocycles. The third-order valence-electron chi connectivity index (χ3n) is 2.89. The van der Waals surface area contributed by atoms with Crippen LogP contribution in [0.5, 0.6) is 0 Å². The van der Waals surface area contributed by atoms with Gasteiger partial charge in [0.1, 0.15) is 6.04 Å². The minimum absolute atomic E-state index is 0.251. The molecule has 5 nitrogen and oxygen atoms in total. The normalized spacial score (nSPS) is 11.7. The van der Waals surface area contributed by atoms with Crippen molar-refractivity contribution >= 4 is 17.5 Å². The number of nitrogens with one attached hydrogen (secondary N) is 1. The molecule has 1 atom stereocenters. The van der Waals surface area contributed by atoms with E-state index in [2.05, 4.69) is 5.32 Å². The molecule has 0 saturated heterocycles. The molecular weight excluding hydrogens is 254 g/mol. The first kappa shape index (κ1) is 13.8. The molecule has 5 heteroatoms. The summed E-state index contributed by atoms with van der Waals surface area (Å²) in [4.78, 5) is 23.4. The number of para-hydroxylation sites is 1. The first-order chi connectivity index (χ1) is 9.59. The van der Waals surface area contributed by atoms with E-state index in [1.165, 1.54) is 0 Å². The number of nitrogens with two attached hydrogens (primary N) is 2. The van der Waals surface area contributed by atoms with Crippen molar-refractivity contribution in [2.45, 2.75) is 6.04 Å². The van der Waals surface area contributed by atoms with E-state index in [9.17, 15) is 9.59 Å². The number of hydrogen-bond acceptors (Lipinski definition) is 3. The Morgan fingerprint density at radius 2 is 1.55 bits per heavy atom. The number of hydrogen-bond donors (Lipinski definition) is 3. The van der Waals surface area contributed by atoms with E-state index >= 15 is 0 Å². The first-order valence-electron chi connectivity index (χ1n) is 6.10. The van der Waals surface area contributed by atoms with Crippen molar-refractivity contribution in [2.24, 2.45) is 11.5 Å². The highest BCUT2D eigenvalue weighted by atomic mass is 16.2. The zero-order valence-electron chi connectivity index (χ0n) is 10.7. The molecule has 0 saturated carbocycles. The molecular formula is C15H15N3O2. The monoisotopic (exact) mass is 269 g/mol. The van der Waals surface area contributed by atoms with Gasteiger partial charge in [-0.2, -0.15) is 0 Å². The number of benzene rings is 2. The van der Waals surface area contributed by atoms with Crippen molar-refractivity contribution in [1.29, 1.82) is 0 Å². The van der Waals surface area contributed by atoms with Crippen LogP contribution in [0.4, 0.5) is 5.69 Å². The van der Waals surface area contributed by atoms with Crippen LogP contribution in [0.1, 0.15) is 22.0 Å². The first-order valence-corrected chi connectivity index (χ1v) is 6.10. The van der Waals surface area contributed by atoms with Crippen LogP contribution in [0.3, 0.4) is 0 Å². The fourth-order valence-electron chi connectivity index (χ4n) is 1.83. The number of carbonyl (C=O) groups is 2. The van der Waals surface area contributed by atoms with Crippen LogP contribution in [-0.2, 0) is 4.79 Å².